The summed E-state index contributed by atoms with van der Waals surface area (Å²) in [6.07, 6.45) is 3.89. The minimum Gasteiger partial charge on any atom is -0.445 e. The zero-order valence-electron chi connectivity index (χ0n) is 11.0. The van der Waals surface area contributed by atoms with Crippen LogP contribution in [0.15, 0.2) is 42.5 Å². The summed E-state index contributed by atoms with van der Waals surface area (Å²) in [5.41, 5.74) is 2.31. The second kappa shape index (κ2) is 5.08. The normalized spacial score (nSPS) is 25.5. The molecule has 0 unspecified atom stereocenters. The Bertz CT molecular complexity index is 467. The van der Waals surface area contributed by atoms with Gasteiger partial charge in [-0.1, -0.05) is 42.5 Å². The lowest BCUT2D eigenvalue weighted by Gasteiger charge is -2.34. The van der Waals surface area contributed by atoms with Crippen molar-refractivity contribution >= 4 is 6.09 Å². The molecule has 2 atom stereocenters. The highest BCUT2D eigenvalue weighted by Gasteiger charge is 2.41. The zero-order valence-corrected chi connectivity index (χ0v) is 11.0. The van der Waals surface area contributed by atoms with Gasteiger partial charge in [-0.25, -0.2) is 4.79 Å². The lowest BCUT2D eigenvalue weighted by molar-refractivity contribution is 0.0722. The van der Waals surface area contributed by atoms with Gasteiger partial charge in [-0.3, -0.25) is 0 Å². The second-order valence-electron chi connectivity index (χ2n) is 5.49. The van der Waals surface area contributed by atoms with Gasteiger partial charge >= 0.3 is 6.09 Å². The fourth-order valence-electron chi connectivity index (χ4n) is 3.20. The van der Waals surface area contributed by atoms with E-state index in [1.165, 1.54) is 5.57 Å². The van der Waals surface area contributed by atoms with Crippen LogP contribution in [0.2, 0.25) is 0 Å². The van der Waals surface area contributed by atoms with Crippen LogP contribution in [0.5, 0.6) is 0 Å². The number of fused-ring (bicyclic) bond motifs is 2. The smallest absolute Gasteiger partial charge is 0.410 e. The minimum absolute atomic E-state index is 0.163. The Morgan fingerprint density at radius 1 is 1.21 bits per heavy atom. The van der Waals surface area contributed by atoms with Gasteiger partial charge in [0.25, 0.3) is 0 Å². The molecule has 0 N–H and O–H groups in total. The number of ether oxygens (including phenoxy) is 1. The maximum atomic E-state index is 12.2. The average molecular weight is 257 g/mol. The fourth-order valence-corrected chi connectivity index (χ4v) is 3.20. The molecule has 1 aromatic rings. The molecule has 0 aliphatic carbocycles. The van der Waals surface area contributed by atoms with E-state index in [1.54, 1.807) is 0 Å². The van der Waals surface area contributed by atoms with Gasteiger partial charge in [0.05, 0.1) is 0 Å². The molecule has 3 rings (SSSR count). The van der Waals surface area contributed by atoms with E-state index in [2.05, 4.69) is 6.58 Å². The van der Waals surface area contributed by atoms with E-state index in [0.29, 0.717) is 18.7 Å². The third-order valence-electron chi connectivity index (χ3n) is 4.08. The summed E-state index contributed by atoms with van der Waals surface area (Å²) >= 11 is 0. The molecule has 2 fully saturated rings. The molecule has 1 aromatic carbocycles. The Balaban J connectivity index is 1.61. The SMILES string of the molecule is C=C1C[C@H]2CC[C@H](C1)N2C(=O)OCc1ccccc1. The molecule has 3 nitrogen and oxygen atoms in total. The van der Waals surface area contributed by atoms with Crippen molar-refractivity contribution in [3.05, 3.63) is 48.0 Å². The molecule has 0 saturated carbocycles. The van der Waals surface area contributed by atoms with E-state index in [-0.39, 0.29) is 6.09 Å². The van der Waals surface area contributed by atoms with Crippen LogP contribution in [0.25, 0.3) is 0 Å². The van der Waals surface area contributed by atoms with Gasteiger partial charge in [0.2, 0.25) is 0 Å². The number of amides is 1. The summed E-state index contributed by atoms with van der Waals surface area (Å²) in [5, 5.41) is 0. The monoisotopic (exact) mass is 257 g/mol. The highest BCUT2D eigenvalue weighted by Crippen LogP contribution is 2.38. The number of hydrogen-bond donors (Lipinski definition) is 0. The third kappa shape index (κ3) is 2.50. The molecular weight excluding hydrogens is 238 g/mol. The summed E-state index contributed by atoms with van der Waals surface area (Å²) in [7, 11) is 0. The van der Waals surface area contributed by atoms with Gasteiger partial charge < -0.3 is 9.64 Å². The van der Waals surface area contributed by atoms with Crippen LogP contribution in [0.4, 0.5) is 4.79 Å². The molecule has 100 valence electrons. The van der Waals surface area contributed by atoms with Crippen molar-refractivity contribution in [1.82, 2.24) is 4.90 Å². The highest BCUT2D eigenvalue weighted by atomic mass is 16.6. The Kier molecular flexibility index (Phi) is 3.28. The Morgan fingerprint density at radius 3 is 2.47 bits per heavy atom. The van der Waals surface area contributed by atoms with Crippen molar-refractivity contribution in [2.24, 2.45) is 0 Å². The van der Waals surface area contributed by atoms with Crippen molar-refractivity contribution < 1.29 is 9.53 Å². The summed E-state index contributed by atoms with van der Waals surface area (Å²) in [5.74, 6) is 0. The van der Waals surface area contributed by atoms with E-state index in [0.717, 1.165) is 31.2 Å². The van der Waals surface area contributed by atoms with E-state index < -0.39 is 0 Å². The van der Waals surface area contributed by atoms with Gasteiger partial charge in [0, 0.05) is 12.1 Å². The quantitative estimate of drug-likeness (QED) is 0.759. The molecule has 19 heavy (non-hydrogen) atoms. The number of piperidine rings is 1. The lowest BCUT2D eigenvalue weighted by Crippen LogP contribution is -2.44. The van der Waals surface area contributed by atoms with Crippen molar-refractivity contribution in [3.63, 3.8) is 0 Å². The number of carbonyl (C=O) groups is 1. The number of hydrogen-bond acceptors (Lipinski definition) is 2. The lowest BCUT2D eigenvalue weighted by atomic mass is 9.99. The van der Waals surface area contributed by atoms with Crippen molar-refractivity contribution in [2.75, 3.05) is 0 Å². The van der Waals surface area contributed by atoms with Gasteiger partial charge in [-0.2, -0.15) is 0 Å². The van der Waals surface area contributed by atoms with Crippen LogP contribution in [-0.2, 0) is 11.3 Å². The van der Waals surface area contributed by atoms with Gasteiger partial charge in [0.15, 0.2) is 0 Å². The zero-order chi connectivity index (χ0) is 13.2. The van der Waals surface area contributed by atoms with Crippen LogP contribution in [0, 0.1) is 0 Å². The summed E-state index contributed by atoms with van der Waals surface area (Å²) in [4.78, 5) is 14.2. The predicted octanol–water partition coefficient (Wildman–Crippen LogP) is 3.51. The molecule has 3 heteroatoms. The van der Waals surface area contributed by atoms with Crippen molar-refractivity contribution in [1.29, 1.82) is 0 Å². The van der Waals surface area contributed by atoms with Crippen LogP contribution in [0.1, 0.15) is 31.2 Å². The van der Waals surface area contributed by atoms with E-state index in [1.807, 2.05) is 35.2 Å². The summed E-state index contributed by atoms with van der Waals surface area (Å²) in [6, 6.07) is 10.4. The first-order valence-corrected chi connectivity index (χ1v) is 6.89. The molecule has 2 bridgehead atoms. The standard InChI is InChI=1S/C16H19NO2/c1-12-9-14-7-8-15(10-12)17(14)16(18)19-11-13-5-3-2-4-6-13/h2-6,14-15H,1,7-11H2/t14-,15-/m1/s1. The molecule has 0 spiro atoms. The number of nitrogens with zero attached hydrogens (tertiary/aromatic N) is 1. The Hall–Kier alpha value is -1.77. The minimum atomic E-state index is -0.163. The van der Waals surface area contributed by atoms with Crippen LogP contribution in [0.3, 0.4) is 0 Å². The number of rotatable bonds is 2. The molecule has 2 heterocycles. The first-order valence-electron chi connectivity index (χ1n) is 6.89. The Labute approximate surface area is 113 Å². The molecule has 2 aliphatic rings. The summed E-state index contributed by atoms with van der Waals surface area (Å²) in [6.45, 7) is 4.42. The Morgan fingerprint density at radius 2 is 1.84 bits per heavy atom. The van der Waals surface area contributed by atoms with E-state index in [4.69, 9.17) is 4.74 Å². The molecule has 2 saturated heterocycles. The van der Waals surface area contributed by atoms with Crippen molar-refractivity contribution in [2.45, 2.75) is 44.4 Å². The van der Waals surface area contributed by atoms with Gasteiger partial charge in [-0.05, 0) is 31.2 Å². The van der Waals surface area contributed by atoms with Crippen LogP contribution >= 0.6 is 0 Å². The highest BCUT2D eigenvalue weighted by molar-refractivity contribution is 5.69. The maximum Gasteiger partial charge on any atom is 0.410 e. The van der Waals surface area contributed by atoms with Gasteiger partial charge in [-0.15, -0.1) is 0 Å². The topological polar surface area (TPSA) is 29.5 Å². The average Bonchev–Trinajstić information content (AvgIpc) is 2.70. The largest absolute Gasteiger partial charge is 0.445 e. The van der Waals surface area contributed by atoms with E-state index in [9.17, 15) is 4.79 Å². The molecule has 1 amide bonds. The molecular formula is C16H19NO2. The molecule has 0 aromatic heterocycles. The van der Waals surface area contributed by atoms with Gasteiger partial charge in [0.1, 0.15) is 6.61 Å². The number of benzene rings is 1. The van der Waals surface area contributed by atoms with Crippen LogP contribution < -0.4 is 0 Å². The first-order chi connectivity index (χ1) is 9.24. The maximum absolute atomic E-state index is 12.2. The van der Waals surface area contributed by atoms with E-state index >= 15 is 0 Å². The summed E-state index contributed by atoms with van der Waals surface area (Å²) < 4.78 is 5.44. The fraction of sp³-hybridized carbons (Fsp3) is 0.438. The second-order valence-corrected chi connectivity index (χ2v) is 5.49. The number of carbonyl (C=O) groups excluding carboxylic acids is 1. The molecule has 0 radical (unpaired) electrons. The van der Waals surface area contributed by atoms with Crippen LogP contribution in [-0.4, -0.2) is 23.1 Å². The third-order valence-corrected chi connectivity index (χ3v) is 4.08. The molecule has 2 aliphatic heterocycles. The van der Waals surface area contributed by atoms with Crippen molar-refractivity contribution in [3.8, 4) is 0 Å². The predicted molar refractivity (Wildman–Crippen MR) is 73.7 cm³/mol. The first kappa shape index (κ1) is 12.3.